The van der Waals surface area contributed by atoms with Crippen LogP contribution >= 0.6 is 11.3 Å². The van der Waals surface area contributed by atoms with Crippen LogP contribution in [0, 0.1) is 6.92 Å². The maximum atomic E-state index is 11.9. The fraction of sp³-hybridized carbons (Fsp3) is 0.600. The number of carboxylic acid groups (broad SMARTS) is 1. The van der Waals surface area contributed by atoms with Gasteiger partial charge in [0.15, 0.2) is 4.21 Å². The quantitative estimate of drug-likeness (QED) is 0.791. The van der Waals surface area contributed by atoms with E-state index in [4.69, 9.17) is 5.11 Å². The first kappa shape index (κ1) is 15.1. The summed E-state index contributed by atoms with van der Waals surface area (Å²) in [5, 5.41) is 9.60. The molecule has 0 unspecified atom stereocenters. The predicted molar refractivity (Wildman–Crippen MR) is 68.1 cm³/mol. The first-order chi connectivity index (χ1) is 8.36. The van der Waals surface area contributed by atoms with Crippen LogP contribution in [0.2, 0.25) is 0 Å². The average molecular weight is 292 g/mol. The lowest BCUT2D eigenvalue weighted by Crippen LogP contribution is -2.40. The Bertz CT molecular complexity index is 510. The molecule has 0 saturated heterocycles. The normalized spacial score (nSPS) is 13.4. The minimum absolute atomic E-state index is 0.0442. The second kappa shape index (κ2) is 6.26. The lowest BCUT2D eigenvalue weighted by atomic mass is 10.1. The van der Waals surface area contributed by atoms with Crippen molar-refractivity contribution in [1.29, 1.82) is 0 Å². The van der Waals surface area contributed by atoms with Crippen LogP contribution in [0.3, 0.4) is 0 Å². The van der Waals surface area contributed by atoms with Crippen LogP contribution in [0.15, 0.2) is 10.4 Å². The molecule has 0 aliphatic heterocycles. The number of sulfonamides is 1. The van der Waals surface area contributed by atoms with Gasteiger partial charge in [-0.05, 0) is 13.3 Å². The molecule has 18 heavy (non-hydrogen) atoms. The third-order valence-electron chi connectivity index (χ3n) is 2.31. The summed E-state index contributed by atoms with van der Waals surface area (Å²) in [4.78, 5) is 14.8. The number of thiazole rings is 1. The zero-order valence-corrected chi connectivity index (χ0v) is 11.8. The highest BCUT2D eigenvalue weighted by Gasteiger charge is 2.26. The summed E-state index contributed by atoms with van der Waals surface area (Å²) in [6, 6.07) is -1.09. The number of unbranched alkanes of at least 4 members (excludes halogenated alkanes) is 1. The molecule has 0 bridgehead atoms. The monoisotopic (exact) mass is 292 g/mol. The van der Waals surface area contributed by atoms with E-state index < -0.39 is 22.0 Å². The summed E-state index contributed by atoms with van der Waals surface area (Å²) in [6.45, 7) is 3.61. The molecule has 8 heteroatoms. The Morgan fingerprint density at radius 3 is 2.72 bits per heavy atom. The standard InChI is InChI=1S/C10H16N2O4S2/c1-3-4-5-8(10(13)14)12-18(15,16)9-6-11-7(2)17-9/h6,8,12H,3-5H2,1-2H3,(H,13,14)/t8-/m0/s1. The van der Waals surface area contributed by atoms with Crippen molar-refractivity contribution in [3.63, 3.8) is 0 Å². The summed E-state index contributed by atoms with van der Waals surface area (Å²) >= 11 is 1.02. The van der Waals surface area contributed by atoms with Crippen molar-refractivity contribution in [2.75, 3.05) is 0 Å². The Hall–Kier alpha value is -0.990. The molecule has 6 nitrogen and oxygen atoms in total. The number of carboxylic acids is 1. The third kappa shape index (κ3) is 4.04. The second-order valence-electron chi connectivity index (χ2n) is 3.85. The van der Waals surface area contributed by atoms with E-state index in [-0.39, 0.29) is 10.6 Å². The molecular formula is C10H16N2O4S2. The van der Waals surface area contributed by atoms with Crippen molar-refractivity contribution < 1.29 is 18.3 Å². The van der Waals surface area contributed by atoms with E-state index in [1.807, 2.05) is 6.92 Å². The summed E-state index contributed by atoms with van der Waals surface area (Å²) in [5.41, 5.74) is 0. The molecular weight excluding hydrogens is 276 g/mol. The van der Waals surface area contributed by atoms with Gasteiger partial charge in [-0.25, -0.2) is 13.4 Å². The van der Waals surface area contributed by atoms with Crippen LogP contribution in [0.1, 0.15) is 31.2 Å². The molecule has 1 atom stereocenters. The zero-order valence-electron chi connectivity index (χ0n) is 10.2. The molecule has 1 heterocycles. The van der Waals surface area contributed by atoms with Gasteiger partial charge in [-0.2, -0.15) is 4.72 Å². The van der Waals surface area contributed by atoms with E-state index in [9.17, 15) is 13.2 Å². The molecule has 1 aromatic rings. The van der Waals surface area contributed by atoms with Crippen LogP contribution in [0.5, 0.6) is 0 Å². The minimum Gasteiger partial charge on any atom is -0.480 e. The maximum Gasteiger partial charge on any atom is 0.321 e. The number of aliphatic carboxylic acids is 1. The van der Waals surface area contributed by atoms with E-state index in [1.165, 1.54) is 6.20 Å². The van der Waals surface area contributed by atoms with E-state index in [0.29, 0.717) is 11.4 Å². The maximum absolute atomic E-state index is 11.9. The Kier molecular flexibility index (Phi) is 5.24. The number of aromatic nitrogens is 1. The number of hydrogen-bond acceptors (Lipinski definition) is 5. The molecule has 0 spiro atoms. The predicted octanol–water partition coefficient (Wildman–Crippen LogP) is 1.37. The first-order valence-electron chi connectivity index (χ1n) is 5.54. The Morgan fingerprint density at radius 2 is 2.28 bits per heavy atom. The number of hydrogen-bond donors (Lipinski definition) is 2. The largest absolute Gasteiger partial charge is 0.480 e. The Labute approximate surface area is 110 Å². The molecule has 1 rings (SSSR count). The molecule has 2 N–H and O–H groups in total. The van der Waals surface area contributed by atoms with Crippen molar-refractivity contribution in [2.45, 2.75) is 43.4 Å². The van der Waals surface area contributed by atoms with Crippen molar-refractivity contribution in [3.05, 3.63) is 11.2 Å². The van der Waals surface area contributed by atoms with E-state index in [1.54, 1.807) is 6.92 Å². The highest BCUT2D eigenvalue weighted by molar-refractivity contribution is 7.91. The van der Waals surface area contributed by atoms with Gasteiger partial charge in [-0.3, -0.25) is 4.79 Å². The number of carbonyl (C=O) groups is 1. The fourth-order valence-corrected chi connectivity index (χ4v) is 3.70. The smallest absolute Gasteiger partial charge is 0.321 e. The van der Waals surface area contributed by atoms with Gasteiger partial charge >= 0.3 is 5.97 Å². The van der Waals surface area contributed by atoms with Gasteiger partial charge < -0.3 is 5.11 Å². The van der Waals surface area contributed by atoms with Crippen molar-refractivity contribution in [3.8, 4) is 0 Å². The molecule has 0 radical (unpaired) electrons. The number of nitrogens with zero attached hydrogens (tertiary/aromatic N) is 1. The summed E-state index contributed by atoms with van der Waals surface area (Å²) in [6.07, 6.45) is 2.98. The van der Waals surface area contributed by atoms with Gasteiger partial charge in [0.2, 0.25) is 0 Å². The second-order valence-corrected chi connectivity index (χ2v) is 7.03. The molecule has 0 aromatic carbocycles. The number of rotatable bonds is 7. The molecule has 1 aromatic heterocycles. The minimum atomic E-state index is -3.79. The molecule has 0 amide bonds. The van der Waals surface area contributed by atoms with Gasteiger partial charge in [-0.15, -0.1) is 11.3 Å². The highest BCUT2D eigenvalue weighted by atomic mass is 32.2. The number of nitrogens with one attached hydrogen (secondary N) is 1. The van der Waals surface area contributed by atoms with Gasteiger partial charge in [0.1, 0.15) is 6.04 Å². The van der Waals surface area contributed by atoms with E-state index >= 15 is 0 Å². The Balaban J connectivity index is 2.82. The molecule has 0 saturated carbocycles. The van der Waals surface area contributed by atoms with Gasteiger partial charge in [-0.1, -0.05) is 19.8 Å². The van der Waals surface area contributed by atoms with E-state index in [0.717, 1.165) is 17.8 Å². The van der Waals surface area contributed by atoms with Crippen LogP contribution < -0.4 is 4.72 Å². The highest BCUT2D eigenvalue weighted by Crippen LogP contribution is 2.18. The van der Waals surface area contributed by atoms with Gasteiger partial charge in [0, 0.05) is 0 Å². The lowest BCUT2D eigenvalue weighted by Gasteiger charge is -2.13. The van der Waals surface area contributed by atoms with Crippen molar-refractivity contribution in [2.24, 2.45) is 0 Å². The van der Waals surface area contributed by atoms with Crippen LogP contribution in [-0.4, -0.2) is 30.5 Å². The molecule has 0 aliphatic rings. The fourth-order valence-electron chi connectivity index (χ4n) is 1.35. The summed E-state index contributed by atoms with van der Waals surface area (Å²) < 4.78 is 26.1. The summed E-state index contributed by atoms with van der Waals surface area (Å²) in [5.74, 6) is -1.16. The summed E-state index contributed by atoms with van der Waals surface area (Å²) in [7, 11) is -3.79. The van der Waals surface area contributed by atoms with Crippen molar-refractivity contribution >= 4 is 27.3 Å². The van der Waals surface area contributed by atoms with Crippen LogP contribution in [-0.2, 0) is 14.8 Å². The third-order valence-corrected chi connectivity index (χ3v) is 5.15. The Morgan fingerprint density at radius 1 is 1.61 bits per heavy atom. The van der Waals surface area contributed by atoms with Gasteiger partial charge in [0.05, 0.1) is 11.2 Å². The zero-order chi connectivity index (χ0) is 13.8. The number of aryl methyl sites for hydroxylation is 1. The molecule has 102 valence electrons. The average Bonchev–Trinajstić information content (AvgIpc) is 2.71. The van der Waals surface area contributed by atoms with Crippen LogP contribution in [0.25, 0.3) is 0 Å². The topological polar surface area (TPSA) is 96.4 Å². The van der Waals surface area contributed by atoms with Gasteiger partial charge in [0.25, 0.3) is 10.0 Å². The lowest BCUT2D eigenvalue weighted by molar-refractivity contribution is -0.139. The SMILES string of the molecule is CCCC[C@H](NS(=O)(=O)c1cnc(C)s1)C(=O)O. The van der Waals surface area contributed by atoms with Crippen molar-refractivity contribution in [1.82, 2.24) is 9.71 Å². The van der Waals surface area contributed by atoms with Crippen LogP contribution in [0.4, 0.5) is 0 Å². The molecule has 0 aliphatic carbocycles. The first-order valence-corrected chi connectivity index (χ1v) is 7.84. The van der Waals surface area contributed by atoms with E-state index in [2.05, 4.69) is 9.71 Å². The molecule has 0 fully saturated rings.